The smallest absolute Gasteiger partial charge is 0.240 e. The van der Waals surface area contributed by atoms with Crippen LogP contribution in [-0.4, -0.2) is 43.5 Å². The van der Waals surface area contributed by atoms with Crippen molar-refractivity contribution in [2.24, 2.45) is 0 Å². The van der Waals surface area contributed by atoms with Crippen LogP contribution in [0, 0.1) is 0 Å². The Bertz CT molecular complexity index is 815. The Morgan fingerprint density at radius 1 is 1.19 bits per heavy atom. The lowest BCUT2D eigenvalue weighted by Crippen LogP contribution is -2.40. The Morgan fingerprint density at radius 3 is 2.69 bits per heavy atom. The quantitative estimate of drug-likeness (QED) is 0.618. The van der Waals surface area contributed by atoms with Gasteiger partial charge in [0.05, 0.1) is 18.0 Å². The van der Waals surface area contributed by atoms with Crippen LogP contribution in [0.2, 0.25) is 0 Å². The van der Waals surface area contributed by atoms with Crippen LogP contribution in [0.3, 0.4) is 0 Å². The second-order valence-electron chi connectivity index (χ2n) is 6.51. The molecular weight excluding hydrogens is 324 g/mol. The summed E-state index contributed by atoms with van der Waals surface area (Å²) >= 11 is 0. The molecule has 3 aromatic rings. The molecule has 0 radical (unpaired) electrons. The zero-order valence-electron chi connectivity index (χ0n) is 15.8. The molecule has 1 aromatic heterocycles. The predicted octanol–water partition coefficient (Wildman–Crippen LogP) is 3.62. The van der Waals surface area contributed by atoms with Crippen molar-refractivity contribution in [2.45, 2.75) is 25.8 Å². The highest BCUT2D eigenvalue weighted by Gasteiger charge is 2.19. The van der Waals surface area contributed by atoms with Crippen LogP contribution in [-0.2, 0) is 6.42 Å². The van der Waals surface area contributed by atoms with Gasteiger partial charge in [-0.15, -0.1) is 5.10 Å². The van der Waals surface area contributed by atoms with Crippen molar-refractivity contribution in [1.29, 1.82) is 0 Å². The van der Waals surface area contributed by atoms with E-state index in [0.29, 0.717) is 11.9 Å². The first-order chi connectivity index (χ1) is 12.8. The van der Waals surface area contributed by atoms with E-state index in [1.807, 2.05) is 7.05 Å². The van der Waals surface area contributed by atoms with Gasteiger partial charge in [-0.1, -0.05) is 37.3 Å². The van der Waals surface area contributed by atoms with E-state index in [1.54, 1.807) is 7.11 Å². The fraction of sp³-hybridized carbons (Fsp3) is 0.381. The van der Waals surface area contributed by atoms with Crippen LogP contribution in [0.5, 0.6) is 5.88 Å². The zero-order chi connectivity index (χ0) is 18.4. The van der Waals surface area contributed by atoms with Crippen LogP contribution < -0.4 is 15.0 Å². The minimum absolute atomic E-state index is 0.438. The van der Waals surface area contributed by atoms with Crippen LogP contribution >= 0.6 is 0 Å². The summed E-state index contributed by atoms with van der Waals surface area (Å²) in [5, 5.41) is 11.6. The number of aromatic amines is 1. The molecule has 1 heterocycles. The van der Waals surface area contributed by atoms with Gasteiger partial charge in [-0.3, -0.25) is 5.10 Å². The maximum atomic E-state index is 5.31. The number of H-pyrrole nitrogens is 1. The Morgan fingerprint density at radius 2 is 2.00 bits per heavy atom. The first kappa shape index (κ1) is 18.3. The molecule has 0 bridgehead atoms. The van der Waals surface area contributed by atoms with Gasteiger partial charge < -0.3 is 15.0 Å². The minimum Gasteiger partial charge on any atom is -0.480 e. The Balaban J connectivity index is 1.90. The normalized spacial score (nSPS) is 12.3. The van der Waals surface area contributed by atoms with E-state index in [9.17, 15) is 0 Å². The number of nitrogens with zero attached hydrogens (tertiary/aromatic N) is 2. The molecule has 0 spiro atoms. The SMILES string of the molecule is CC[C@@H](Cc1ccccc1)N(CCNC)c1ccc2c(OC)n[nH]c2c1. The number of hydrogen-bond donors (Lipinski definition) is 2. The van der Waals surface area contributed by atoms with Gasteiger partial charge in [0.25, 0.3) is 0 Å². The standard InChI is InChI=1S/C21H28N4O/c1-4-17(14-16-8-6-5-7-9-16)25(13-12-22-2)18-10-11-19-20(15-18)23-24-21(19)26-3/h5-11,15,17,22H,4,12-14H2,1-3H3,(H,23,24)/t17-/m0/s1. The van der Waals surface area contributed by atoms with Crippen molar-refractivity contribution in [3.8, 4) is 5.88 Å². The predicted molar refractivity (Wildman–Crippen MR) is 108 cm³/mol. The third kappa shape index (κ3) is 3.99. The van der Waals surface area contributed by atoms with Crippen LogP contribution in [0.15, 0.2) is 48.5 Å². The van der Waals surface area contributed by atoms with Crippen LogP contribution in [0.1, 0.15) is 18.9 Å². The second kappa shape index (κ2) is 8.72. The Kier molecular flexibility index (Phi) is 6.12. The third-order valence-electron chi connectivity index (χ3n) is 4.87. The molecule has 0 aliphatic carbocycles. The summed E-state index contributed by atoms with van der Waals surface area (Å²) in [5.41, 5.74) is 3.59. The molecule has 5 nitrogen and oxygen atoms in total. The number of aromatic nitrogens is 2. The number of benzene rings is 2. The van der Waals surface area contributed by atoms with E-state index in [2.05, 4.69) is 75.9 Å². The molecule has 1 atom stereocenters. The molecule has 5 heteroatoms. The van der Waals surface area contributed by atoms with Crippen molar-refractivity contribution >= 4 is 16.6 Å². The number of ether oxygens (including phenoxy) is 1. The number of rotatable bonds is 9. The summed E-state index contributed by atoms with van der Waals surface area (Å²) in [5.74, 6) is 0.643. The monoisotopic (exact) mass is 352 g/mol. The summed E-state index contributed by atoms with van der Waals surface area (Å²) in [6.07, 6.45) is 2.12. The topological polar surface area (TPSA) is 53.2 Å². The molecule has 0 aliphatic rings. The van der Waals surface area contributed by atoms with Crippen molar-refractivity contribution in [2.75, 3.05) is 32.1 Å². The minimum atomic E-state index is 0.438. The van der Waals surface area contributed by atoms with E-state index < -0.39 is 0 Å². The number of anilines is 1. The number of likely N-dealkylation sites (N-methyl/N-ethyl adjacent to an activating group) is 1. The molecule has 0 saturated heterocycles. The second-order valence-corrected chi connectivity index (χ2v) is 6.51. The number of fused-ring (bicyclic) bond motifs is 1. The highest BCUT2D eigenvalue weighted by atomic mass is 16.5. The third-order valence-corrected chi connectivity index (χ3v) is 4.87. The molecule has 3 rings (SSSR count). The Labute approximate surface area is 155 Å². The largest absolute Gasteiger partial charge is 0.480 e. The molecular formula is C21H28N4O. The number of nitrogens with one attached hydrogen (secondary N) is 2. The fourth-order valence-corrected chi connectivity index (χ4v) is 3.43. The Hall–Kier alpha value is -2.53. The molecule has 0 aliphatic heterocycles. The summed E-state index contributed by atoms with van der Waals surface area (Å²) in [7, 11) is 3.65. The average Bonchev–Trinajstić information content (AvgIpc) is 3.10. The number of hydrogen-bond acceptors (Lipinski definition) is 4. The van der Waals surface area contributed by atoms with Crippen molar-refractivity contribution < 1.29 is 4.74 Å². The number of methoxy groups -OCH3 is 1. The highest BCUT2D eigenvalue weighted by Crippen LogP contribution is 2.28. The molecule has 0 saturated carbocycles. The van der Waals surface area contributed by atoms with E-state index >= 15 is 0 Å². The molecule has 138 valence electrons. The van der Waals surface area contributed by atoms with E-state index in [4.69, 9.17) is 4.74 Å². The maximum absolute atomic E-state index is 5.31. The van der Waals surface area contributed by atoms with E-state index in [-0.39, 0.29) is 0 Å². The first-order valence-corrected chi connectivity index (χ1v) is 9.24. The van der Waals surface area contributed by atoms with Crippen molar-refractivity contribution in [3.05, 3.63) is 54.1 Å². The van der Waals surface area contributed by atoms with Crippen LogP contribution in [0.25, 0.3) is 10.9 Å². The van der Waals surface area contributed by atoms with Crippen molar-refractivity contribution in [1.82, 2.24) is 15.5 Å². The first-order valence-electron chi connectivity index (χ1n) is 9.24. The maximum Gasteiger partial charge on any atom is 0.240 e. The van der Waals surface area contributed by atoms with Crippen molar-refractivity contribution in [3.63, 3.8) is 0 Å². The van der Waals surface area contributed by atoms with Gasteiger partial charge in [-0.2, -0.15) is 0 Å². The molecule has 2 aromatic carbocycles. The average molecular weight is 352 g/mol. The summed E-state index contributed by atoms with van der Waals surface area (Å²) in [6, 6.07) is 17.6. The van der Waals surface area contributed by atoms with Gasteiger partial charge in [0.1, 0.15) is 0 Å². The van der Waals surface area contributed by atoms with Gasteiger partial charge in [0.2, 0.25) is 5.88 Å². The fourth-order valence-electron chi connectivity index (χ4n) is 3.43. The molecule has 0 fully saturated rings. The molecule has 0 unspecified atom stereocenters. The van der Waals surface area contributed by atoms with Crippen LogP contribution in [0.4, 0.5) is 5.69 Å². The lowest BCUT2D eigenvalue weighted by molar-refractivity contribution is 0.401. The molecule has 0 amide bonds. The lowest BCUT2D eigenvalue weighted by atomic mass is 10.0. The lowest BCUT2D eigenvalue weighted by Gasteiger charge is -2.33. The summed E-state index contributed by atoms with van der Waals surface area (Å²) < 4.78 is 5.31. The van der Waals surface area contributed by atoms with E-state index in [0.717, 1.165) is 36.8 Å². The highest BCUT2D eigenvalue weighted by molar-refractivity contribution is 5.87. The van der Waals surface area contributed by atoms with E-state index in [1.165, 1.54) is 11.3 Å². The van der Waals surface area contributed by atoms with Gasteiger partial charge in [0, 0.05) is 24.8 Å². The molecule has 2 N–H and O–H groups in total. The van der Waals surface area contributed by atoms with Gasteiger partial charge in [0.15, 0.2) is 0 Å². The van der Waals surface area contributed by atoms with Gasteiger partial charge in [-0.25, -0.2) is 0 Å². The van der Waals surface area contributed by atoms with Gasteiger partial charge >= 0.3 is 0 Å². The van der Waals surface area contributed by atoms with Gasteiger partial charge in [-0.05, 0) is 43.7 Å². The zero-order valence-corrected chi connectivity index (χ0v) is 15.8. The summed E-state index contributed by atoms with van der Waals surface area (Å²) in [6.45, 7) is 4.16. The summed E-state index contributed by atoms with van der Waals surface area (Å²) in [4.78, 5) is 2.50. The molecule has 26 heavy (non-hydrogen) atoms.